The van der Waals surface area contributed by atoms with Crippen molar-refractivity contribution in [1.82, 2.24) is 14.8 Å². The fourth-order valence-electron chi connectivity index (χ4n) is 2.76. The molecule has 2 aromatic rings. The number of rotatable bonds is 6. The predicted molar refractivity (Wildman–Crippen MR) is 97.3 cm³/mol. The van der Waals surface area contributed by atoms with E-state index in [0.29, 0.717) is 23.0 Å². The van der Waals surface area contributed by atoms with E-state index in [1.54, 1.807) is 24.9 Å². The average Bonchev–Trinajstić information content (AvgIpc) is 2.83. The van der Waals surface area contributed by atoms with Gasteiger partial charge in [0.1, 0.15) is 15.7 Å². The fourth-order valence-corrected chi connectivity index (χ4v) is 5.15. The standard InChI is InChI=1S/C16H22N4O3S2/c1-12-15(19-25(21,22)11-13-7-4-6-10-23-13)16(20(2)18-12)24-14-8-3-5-9-17-14/h3,5,8-9,13,19H,4,6-7,10-11H2,1-2H3. The maximum Gasteiger partial charge on any atom is 0.235 e. The van der Waals surface area contributed by atoms with Crippen LogP contribution in [0, 0.1) is 6.92 Å². The molecule has 0 aromatic carbocycles. The van der Waals surface area contributed by atoms with Crippen LogP contribution in [0.25, 0.3) is 0 Å². The minimum atomic E-state index is -3.52. The van der Waals surface area contributed by atoms with Gasteiger partial charge in [0.15, 0.2) is 0 Å². The largest absolute Gasteiger partial charge is 0.377 e. The van der Waals surface area contributed by atoms with E-state index < -0.39 is 10.0 Å². The third-order valence-electron chi connectivity index (χ3n) is 3.95. The summed E-state index contributed by atoms with van der Waals surface area (Å²) in [5.74, 6) is -0.0327. The van der Waals surface area contributed by atoms with Crippen molar-refractivity contribution >= 4 is 27.5 Å². The normalized spacial score (nSPS) is 18.2. The van der Waals surface area contributed by atoms with Gasteiger partial charge >= 0.3 is 0 Å². The van der Waals surface area contributed by atoms with Gasteiger partial charge in [-0.15, -0.1) is 0 Å². The molecule has 2 aromatic heterocycles. The average molecular weight is 383 g/mol. The topological polar surface area (TPSA) is 86.1 Å². The Balaban J connectivity index is 1.79. The molecule has 136 valence electrons. The first-order chi connectivity index (χ1) is 11.9. The molecule has 0 bridgehead atoms. The van der Waals surface area contributed by atoms with E-state index in [0.717, 1.165) is 24.3 Å². The third-order valence-corrected chi connectivity index (χ3v) is 6.38. The van der Waals surface area contributed by atoms with Crippen LogP contribution in [0.5, 0.6) is 0 Å². The highest BCUT2D eigenvalue weighted by Gasteiger charge is 2.25. The molecule has 3 heterocycles. The zero-order valence-electron chi connectivity index (χ0n) is 14.3. The monoisotopic (exact) mass is 382 g/mol. The first-order valence-electron chi connectivity index (χ1n) is 8.19. The van der Waals surface area contributed by atoms with E-state index in [9.17, 15) is 8.42 Å². The second-order valence-electron chi connectivity index (χ2n) is 6.03. The summed E-state index contributed by atoms with van der Waals surface area (Å²) in [4.78, 5) is 4.28. The second-order valence-corrected chi connectivity index (χ2v) is 8.81. The summed E-state index contributed by atoms with van der Waals surface area (Å²) in [5, 5.41) is 5.84. The Labute approximate surface area is 152 Å². The van der Waals surface area contributed by atoms with Gasteiger partial charge < -0.3 is 4.74 Å². The number of nitrogens with zero attached hydrogens (tertiary/aromatic N) is 3. The summed E-state index contributed by atoms with van der Waals surface area (Å²) in [5.41, 5.74) is 1.14. The van der Waals surface area contributed by atoms with Crippen LogP contribution < -0.4 is 4.72 Å². The lowest BCUT2D eigenvalue weighted by Crippen LogP contribution is -2.31. The maximum atomic E-state index is 12.6. The Morgan fingerprint density at radius 2 is 2.24 bits per heavy atom. The first kappa shape index (κ1) is 18.2. The Hall–Kier alpha value is -1.58. The van der Waals surface area contributed by atoms with Gasteiger partial charge in [-0.25, -0.2) is 13.4 Å². The van der Waals surface area contributed by atoms with Gasteiger partial charge in [-0.3, -0.25) is 9.40 Å². The van der Waals surface area contributed by atoms with E-state index in [1.165, 1.54) is 11.8 Å². The molecule has 1 aliphatic rings. The third kappa shape index (κ3) is 4.74. The fraction of sp³-hybridized carbons (Fsp3) is 0.500. The quantitative estimate of drug-likeness (QED) is 0.826. The molecule has 1 N–H and O–H groups in total. The van der Waals surface area contributed by atoms with Gasteiger partial charge in [0.05, 0.1) is 17.6 Å². The van der Waals surface area contributed by atoms with Gasteiger partial charge in [0.2, 0.25) is 10.0 Å². The molecular weight excluding hydrogens is 360 g/mol. The molecule has 0 saturated carbocycles. The van der Waals surface area contributed by atoms with Crippen LogP contribution in [0.3, 0.4) is 0 Å². The molecule has 1 unspecified atom stereocenters. The number of sulfonamides is 1. The molecule has 0 aliphatic carbocycles. The van der Waals surface area contributed by atoms with E-state index in [2.05, 4.69) is 14.8 Å². The van der Waals surface area contributed by atoms with Crippen molar-refractivity contribution in [3.05, 3.63) is 30.1 Å². The smallest absolute Gasteiger partial charge is 0.235 e. The van der Waals surface area contributed by atoms with Crippen molar-refractivity contribution in [2.45, 2.75) is 42.3 Å². The van der Waals surface area contributed by atoms with E-state index in [-0.39, 0.29) is 11.9 Å². The number of pyridine rings is 1. The highest BCUT2D eigenvalue weighted by Crippen LogP contribution is 2.34. The summed E-state index contributed by atoms with van der Waals surface area (Å²) in [6.45, 7) is 2.42. The number of aromatic nitrogens is 3. The van der Waals surface area contributed by atoms with Crippen LogP contribution in [0.1, 0.15) is 25.0 Å². The van der Waals surface area contributed by atoms with Crippen LogP contribution in [-0.2, 0) is 21.8 Å². The van der Waals surface area contributed by atoms with Crippen LogP contribution in [0.2, 0.25) is 0 Å². The molecule has 9 heteroatoms. The zero-order valence-corrected chi connectivity index (χ0v) is 15.9. The van der Waals surface area contributed by atoms with Crippen molar-refractivity contribution in [1.29, 1.82) is 0 Å². The molecule has 7 nitrogen and oxygen atoms in total. The van der Waals surface area contributed by atoms with E-state index in [4.69, 9.17) is 4.74 Å². The molecule has 0 amide bonds. The van der Waals surface area contributed by atoms with Crippen molar-refractivity contribution in [3.63, 3.8) is 0 Å². The minimum absolute atomic E-state index is 0.0327. The van der Waals surface area contributed by atoms with E-state index in [1.807, 2.05) is 18.2 Å². The van der Waals surface area contributed by atoms with Crippen LogP contribution in [-0.4, -0.2) is 41.6 Å². The molecule has 1 atom stereocenters. The second kappa shape index (κ2) is 7.76. The SMILES string of the molecule is Cc1nn(C)c(Sc2ccccn2)c1NS(=O)(=O)CC1CCCCO1. The molecule has 1 fully saturated rings. The Bertz CT molecular complexity index is 815. The number of hydrogen-bond acceptors (Lipinski definition) is 6. The summed E-state index contributed by atoms with van der Waals surface area (Å²) in [6.07, 6.45) is 4.25. The highest BCUT2D eigenvalue weighted by molar-refractivity contribution is 7.99. The van der Waals surface area contributed by atoms with Crippen molar-refractivity contribution in [2.24, 2.45) is 7.05 Å². The van der Waals surface area contributed by atoms with Gasteiger partial charge in [0, 0.05) is 19.9 Å². The van der Waals surface area contributed by atoms with E-state index >= 15 is 0 Å². The maximum absolute atomic E-state index is 12.6. The predicted octanol–water partition coefficient (Wildman–Crippen LogP) is 2.59. The first-order valence-corrected chi connectivity index (χ1v) is 10.7. The van der Waals surface area contributed by atoms with Gasteiger partial charge in [0.25, 0.3) is 0 Å². The van der Waals surface area contributed by atoms with Crippen molar-refractivity contribution in [2.75, 3.05) is 17.1 Å². The molecule has 0 spiro atoms. The lowest BCUT2D eigenvalue weighted by Gasteiger charge is -2.22. The van der Waals surface area contributed by atoms with Crippen LogP contribution in [0.4, 0.5) is 5.69 Å². The number of nitrogens with one attached hydrogen (secondary N) is 1. The summed E-state index contributed by atoms with van der Waals surface area (Å²) >= 11 is 1.38. The Morgan fingerprint density at radius 3 is 2.92 bits per heavy atom. The summed E-state index contributed by atoms with van der Waals surface area (Å²) in [6, 6.07) is 5.61. The van der Waals surface area contributed by atoms with Crippen LogP contribution in [0.15, 0.2) is 34.4 Å². The Kier molecular flexibility index (Phi) is 5.65. The Morgan fingerprint density at radius 1 is 1.40 bits per heavy atom. The number of hydrogen-bond donors (Lipinski definition) is 1. The van der Waals surface area contributed by atoms with Gasteiger partial charge in [-0.2, -0.15) is 5.10 Å². The molecule has 1 aliphatic heterocycles. The van der Waals surface area contributed by atoms with Crippen LogP contribution >= 0.6 is 11.8 Å². The molecule has 1 saturated heterocycles. The summed E-state index contributed by atoms with van der Waals surface area (Å²) < 4.78 is 35.1. The highest BCUT2D eigenvalue weighted by atomic mass is 32.2. The van der Waals surface area contributed by atoms with Crippen molar-refractivity contribution in [3.8, 4) is 0 Å². The minimum Gasteiger partial charge on any atom is -0.377 e. The molecular formula is C16H22N4O3S2. The lowest BCUT2D eigenvalue weighted by atomic mass is 10.1. The van der Waals surface area contributed by atoms with Gasteiger partial charge in [-0.1, -0.05) is 6.07 Å². The molecule has 0 radical (unpaired) electrons. The molecule has 25 heavy (non-hydrogen) atoms. The van der Waals surface area contributed by atoms with Gasteiger partial charge in [-0.05, 0) is 50.1 Å². The number of anilines is 1. The lowest BCUT2D eigenvalue weighted by molar-refractivity contribution is 0.0306. The number of ether oxygens (including phenoxy) is 1. The summed E-state index contributed by atoms with van der Waals surface area (Å²) in [7, 11) is -1.73. The van der Waals surface area contributed by atoms with Crippen molar-refractivity contribution < 1.29 is 13.2 Å². The zero-order chi connectivity index (χ0) is 17.9. The molecule has 3 rings (SSSR count). The number of aryl methyl sites for hydroxylation is 2.